The summed E-state index contributed by atoms with van der Waals surface area (Å²) < 4.78 is 7.75. The molecule has 0 saturated heterocycles. The summed E-state index contributed by atoms with van der Waals surface area (Å²) in [7, 11) is 0. The van der Waals surface area contributed by atoms with Crippen LogP contribution in [0.4, 0.5) is 5.69 Å². The van der Waals surface area contributed by atoms with Gasteiger partial charge in [-0.2, -0.15) is 5.10 Å². The van der Waals surface area contributed by atoms with E-state index in [9.17, 15) is 19.7 Å². The number of rotatable bonds is 7. The summed E-state index contributed by atoms with van der Waals surface area (Å²) >= 11 is 2.16. The fraction of sp³-hybridized carbons (Fsp3) is 0.174. The van der Waals surface area contributed by atoms with Gasteiger partial charge in [-0.3, -0.25) is 14.9 Å². The maximum atomic E-state index is 12.2. The molecule has 10 heteroatoms. The minimum atomic E-state index is -0.742. The van der Waals surface area contributed by atoms with Crippen LogP contribution in [0.5, 0.6) is 0 Å². The van der Waals surface area contributed by atoms with Gasteiger partial charge >= 0.3 is 5.97 Å². The Morgan fingerprint density at radius 1 is 1.18 bits per heavy atom. The molecule has 1 amide bonds. The quantitative estimate of drug-likeness (QED) is 0.150. The number of carbonyl (C=O) groups is 2. The van der Waals surface area contributed by atoms with E-state index in [2.05, 4.69) is 33.1 Å². The van der Waals surface area contributed by atoms with Gasteiger partial charge in [0.05, 0.1) is 23.4 Å². The van der Waals surface area contributed by atoms with Crippen molar-refractivity contribution in [3.05, 3.63) is 90.3 Å². The highest BCUT2D eigenvalue weighted by atomic mass is 127. The highest BCUT2D eigenvalue weighted by Crippen LogP contribution is 2.27. The lowest BCUT2D eigenvalue weighted by Gasteiger charge is -2.11. The number of esters is 1. The number of halogens is 1. The second-order valence-corrected chi connectivity index (χ2v) is 8.29. The molecule has 9 nitrogen and oxygen atoms in total. The molecule has 3 aromatic rings. The zero-order chi connectivity index (χ0) is 24.1. The maximum absolute atomic E-state index is 12.2. The average molecular weight is 560 g/mol. The lowest BCUT2D eigenvalue weighted by atomic mass is 10.1. The van der Waals surface area contributed by atoms with Crippen molar-refractivity contribution in [3.63, 3.8) is 0 Å². The molecule has 1 N–H and O–H groups in total. The van der Waals surface area contributed by atoms with Crippen molar-refractivity contribution in [3.8, 4) is 5.69 Å². The number of hydrogen-bond donors (Lipinski definition) is 1. The smallest absolute Gasteiger partial charge is 0.345 e. The van der Waals surface area contributed by atoms with E-state index in [0.29, 0.717) is 11.3 Å². The fourth-order valence-electron chi connectivity index (χ4n) is 3.33. The molecule has 0 spiro atoms. The monoisotopic (exact) mass is 560 g/mol. The van der Waals surface area contributed by atoms with E-state index in [1.54, 1.807) is 25.1 Å². The normalized spacial score (nSPS) is 10.9. The van der Waals surface area contributed by atoms with Gasteiger partial charge in [0.1, 0.15) is 5.56 Å². The number of nitro benzene ring substituents is 1. The minimum absolute atomic E-state index is 0.104. The lowest BCUT2D eigenvalue weighted by molar-refractivity contribution is -0.385. The summed E-state index contributed by atoms with van der Waals surface area (Å²) in [6, 6.07) is 13.3. The first-order chi connectivity index (χ1) is 15.7. The Hall–Kier alpha value is -3.54. The number of hydrazone groups is 1. The Kier molecular flexibility index (Phi) is 7.59. The molecule has 1 aromatic heterocycles. The largest absolute Gasteiger partial charge is 0.462 e. The Morgan fingerprint density at radius 3 is 2.52 bits per heavy atom. The molecule has 1 heterocycles. The summed E-state index contributed by atoms with van der Waals surface area (Å²) in [6.45, 7) is 5.44. The highest BCUT2D eigenvalue weighted by Gasteiger charge is 2.23. The summed E-state index contributed by atoms with van der Waals surface area (Å²) in [6.07, 6.45) is 1.52. The molecule has 3 rings (SSSR count). The van der Waals surface area contributed by atoms with Crippen molar-refractivity contribution >= 4 is 46.4 Å². The van der Waals surface area contributed by atoms with Crippen LogP contribution in [0.2, 0.25) is 0 Å². The van der Waals surface area contributed by atoms with Crippen LogP contribution in [0.1, 0.15) is 44.6 Å². The van der Waals surface area contributed by atoms with E-state index in [1.165, 1.54) is 18.3 Å². The van der Waals surface area contributed by atoms with E-state index in [4.69, 9.17) is 4.74 Å². The fourth-order valence-corrected chi connectivity index (χ4v) is 3.69. The number of amides is 1. The molecular weight excluding hydrogens is 539 g/mol. The third kappa shape index (κ3) is 5.45. The van der Waals surface area contributed by atoms with Gasteiger partial charge in [-0.1, -0.05) is 0 Å². The van der Waals surface area contributed by atoms with Crippen LogP contribution >= 0.6 is 22.6 Å². The molecule has 2 aromatic carbocycles. The number of ether oxygens (including phenoxy) is 1. The average Bonchev–Trinajstić information content (AvgIpc) is 3.06. The second-order valence-electron chi connectivity index (χ2n) is 7.05. The van der Waals surface area contributed by atoms with E-state index in [-0.39, 0.29) is 23.8 Å². The van der Waals surface area contributed by atoms with Crippen LogP contribution in [0.25, 0.3) is 5.69 Å². The minimum Gasteiger partial charge on any atom is -0.462 e. The SMILES string of the molecule is CCOC(=O)c1ccc(-n2c(C)cc(/C=N\NC(=O)c3ccc(I)cc3)c2C)cc1[N+](=O)[O-]. The number of nitrogens with one attached hydrogen (secondary N) is 1. The molecule has 170 valence electrons. The molecule has 0 atom stereocenters. The van der Waals surface area contributed by atoms with Crippen LogP contribution in [0.15, 0.2) is 53.6 Å². The highest BCUT2D eigenvalue weighted by molar-refractivity contribution is 14.1. The van der Waals surface area contributed by atoms with Gasteiger partial charge in [-0.05, 0) is 85.8 Å². The Bertz CT molecular complexity index is 1250. The Labute approximate surface area is 203 Å². The molecule has 0 aliphatic carbocycles. The van der Waals surface area contributed by atoms with Crippen molar-refractivity contribution in [1.29, 1.82) is 0 Å². The lowest BCUT2D eigenvalue weighted by Crippen LogP contribution is -2.17. The molecule has 0 aliphatic heterocycles. The molecule has 0 fully saturated rings. The van der Waals surface area contributed by atoms with Crippen LogP contribution in [0.3, 0.4) is 0 Å². The van der Waals surface area contributed by atoms with E-state index in [0.717, 1.165) is 20.5 Å². The van der Waals surface area contributed by atoms with Crippen LogP contribution < -0.4 is 5.43 Å². The molecule has 0 radical (unpaired) electrons. The van der Waals surface area contributed by atoms with Crippen LogP contribution in [-0.4, -0.2) is 34.2 Å². The number of nitrogens with zero attached hydrogens (tertiary/aromatic N) is 3. The van der Waals surface area contributed by atoms with Gasteiger partial charge < -0.3 is 9.30 Å². The van der Waals surface area contributed by atoms with Gasteiger partial charge in [0.25, 0.3) is 11.6 Å². The third-order valence-electron chi connectivity index (χ3n) is 4.88. The van der Waals surface area contributed by atoms with E-state index >= 15 is 0 Å². The second kappa shape index (κ2) is 10.4. The number of benzene rings is 2. The van der Waals surface area contributed by atoms with Gasteiger partial charge in [-0.25, -0.2) is 10.2 Å². The number of carbonyl (C=O) groups excluding carboxylic acids is 2. The molecular formula is C23H21IN4O5. The topological polar surface area (TPSA) is 116 Å². The Morgan fingerprint density at radius 2 is 1.88 bits per heavy atom. The zero-order valence-electron chi connectivity index (χ0n) is 18.2. The third-order valence-corrected chi connectivity index (χ3v) is 5.60. The first kappa shape index (κ1) is 24.1. The van der Waals surface area contributed by atoms with Crippen molar-refractivity contribution in [2.45, 2.75) is 20.8 Å². The zero-order valence-corrected chi connectivity index (χ0v) is 20.3. The van der Waals surface area contributed by atoms with Crippen molar-refractivity contribution < 1.29 is 19.2 Å². The van der Waals surface area contributed by atoms with Crippen molar-refractivity contribution in [2.75, 3.05) is 6.61 Å². The predicted molar refractivity (Wildman–Crippen MR) is 132 cm³/mol. The first-order valence-electron chi connectivity index (χ1n) is 9.96. The maximum Gasteiger partial charge on any atom is 0.345 e. The molecule has 0 bridgehead atoms. The van der Waals surface area contributed by atoms with Gasteiger partial charge in [0.15, 0.2) is 0 Å². The van der Waals surface area contributed by atoms with Gasteiger partial charge in [0.2, 0.25) is 0 Å². The summed E-state index contributed by atoms with van der Waals surface area (Å²) in [5, 5.41) is 15.6. The van der Waals surface area contributed by atoms with Crippen molar-refractivity contribution in [1.82, 2.24) is 9.99 Å². The number of hydrogen-bond acceptors (Lipinski definition) is 6. The Balaban J connectivity index is 1.87. The van der Waals surface area contributed by atoms with Crippen LogP contribution in [0, 0.1) is 27.5 Å². The van der Waals surface area contributed by atoms with Crippen molar-refractivity contribution in [2.24, 2.45) is 5.10 Å². The molecule has 0 saturated carbocycles. The summed E-state index contributed by atoms with van der Waals surface area (Å²) in [4.78, 5) is 35.2. The van der Waals surface area contributed by atoms with Crippen LogP contribution in [-0.2, 0) is 4.74 Å². The number of aromatic nitrogens is 1. The van der Waals surface area contributed by atoms with Gasteiger partial charge in [0, 0.05) is 32.2 Å². The molecule has 0 aliphatic rings. The number of aryl methyl sites for hydroxylation is 1. The number of nitro groups is 1. The van der Waals surface area contributed by atoms with Gasteiger partial charge in [-0.15, -0.1) is 0 Å². The molecule has 33 heavy (non-hydrogen) atoms. The summed E-state index contributed by atoms with van der Waals surface area (Å²) in [5.74, 6) is -1.07. The van der Waals surface area contributed by atoms with E-state index in [1.807, 2.05) is 36.6 Å². The first-order valence-corrected chi connectivity index (χ1v) is 11.0. The van der Waals surface area contributed by atoms with E-state index < -0.39 is 10.9 Å². The predicted octanol–water partition coefficient (Wildman–Crippen LogP) is 4.55. The molecule has 0 unspecified atom stereocenters. The standard InChI is InChI=1S/C23H21IN4O5/c1-4-33-23(30)20-10-9-19(12-21(20)28(31)32)27-14(2)11-17(15(27)3)13-25-26-22(29)16-5-7-18(24)8-6-16/h5-13H,4H2,1-3H3,(H,26,29)/b25-13-. The summed E-state index contributed by atoms with van der Waals surface area (Å²) in [5.41, 5.74) is 5.36.